The van der Waals surface area contributed by atoms with E-state index in [2.05, 4.69) is 26.0 Å². The quantitative estimate of drug-likeness (QED) is 0.0337. The van der Waals surface area contributed by atoms with Crippen molar-refractivity contribution in [1.82, 2.24) is 0 Å². The molecule has 0 atom stereocenters. The minimum Gasteiger partial charge on any atom is -0.481 e. The van der Waals surface area contributed by atoms with Crippen LogP contribution in [0.2, 0.25) is 0 Å². The summed E-state index contributed by atoms with van der Waals surface area (Å²) in [4.78, 5) is 29.6. The van der Waals surface area contributed by atoms with Gasteiger partial charge >= 0.3 is 11.9 Å². The molecule has 0 heterocycles. The lowest BCUT2D eigenvalue weighted by Gasteiger charge is -2.01. The SMILES string of the molecule is CC(=O)O.CCCCCCCCC=CCCCCCCCC(=O)O.CCCCCCCCCCCCCC(=O)O.OCC(O)CO. The van der Waals surface area contributed by atoms with Crippen molar-refractivity contribution < 1.29 is 45.0 Å². The topological polar surface area (TPSA) is 173 Å². The number of aliphatic carboxylic acids is 3. The maximum absolute atomic E-state index is 10.3. The maximum Gasteiger partial charge on any atom is 0.303 e. The van der Waals surface area contributed by atoms with Crippen molar-refractivity contribution in [3.8, 4) is 0 Å². The summed E-state index contributed by atoms with van der Waals surface area (Å²) in [6.07, 6.45) is 34.6. The van der Waals surface area contributed by atoms with Gasteiger partial charge in [0.15, 0.2) is 0 Å². The number of carboxylic acids is 3. The summed E-state index contributed by atoms with van der Waals surface area (Å²) in [5, 5.41) is 48.4. The molecule has 0 radical (unpaired) electrons. The van der Waals surface area contributed by atoms with Crippen molar-refractivity contribution in [2.24, 2.45) is 0 Å². The number of aliphatic hydroxyl groups excluding tert-OH is 3. The van der Waals surface area contributed by atoms with Crippen LogP contribution in [0.25, 0.3) is 0 Å². The smallest absolute Gasteiger partial charge is 0.303 e. The van der Waals surface area contributed by atoms with Crippen LogP contribution in [0, 0.1) is 0 Å². The fraction of sp³-hybridized carbons (Fsp3) is 0.865. The number of hydrogen-bond donors (Lipinski definition) is 6. The molecule has 0 saturated carbocycles. The normalized spacial score (nSPS) is 10.4. The summed E-state index contributed by atoms with van der Waals surface area (Å²) < 4.78 is 0. The first-order valence-corrected chi connectivity index (χ1v) is 18.3. The zero-order valence-corrected chi connectivity index (χ0v) is 29.9. The summed E-state index contributed by atoms with van der Waals surface area (Å²) in [7, 11) is 0. The number of carbonyl (C=O) groups is 3. The van der Waals surface area contributed by atoms with Crippen molar-refractivity contribution in [2.75, 3.05) is 13.2 Å². The molecule has 9 nitrogen and oxygen atoms in total. The lowest BCUT2D eigenvalue weighted by molar-refractivity contribution is -0.138. The van der Waals surface area contributed by atoms with Crippen LogP contribution in [-0.2, 0) is 14.4 Å². The molecule has 276 valence electrons. The highest BCUT2D eigenvalue weighted by molar-refractivity contribution is 5.66. The second-order valence-corrected chi connectivity index (χ2v) is 11.9. The first-order valence-electron chi connectivity index (χ1n) is 18.3. The minimum atomic E-state index is -0.954. The molecule has 0 amide bonds. The predicted octanol–water partition coefficient (Wildman–Crippen LogP) is 9.30. The van der Waals surface area contributed by atoms with Gasteiger partial charge in [-0.1, -0.05) is 142 Å². The Bertz CT molecular complexity index is 630. The molecular formula is C37H74O9. The molecule has 0 aliphatic rings. The summed E-state index contributed by atoms with van der Waals surface area (Å²) >= 11 is 0. The molecule has 0 aromatic rings. The zero-order chi connectivity index (χ0) is 35.5. The van der Waals surface area contributed by atoms with E-state index in [1.165, 1.54) is 128 Å². The first kappa shape index (κ1) is 50.9. The van der Waals surface area contributed by atoms with Crippen LogP contribution in [0.4, 0.5) is 0 Å². The minimum absolute atomic E-state index is 0.332. The standard InChI is InChI=1S/C18H34O2.C14H28O2.C3H8O3.C2H4O2/c1-2-3-4-5-6-7-8-9-10-11-12-13-14-15-16-17-18(19)20;1-2-3-4-5-6-7-8-9-10-11-12-13-14(15)16;4-1-3(6)2-5;1-2(3)4/h9-10H,2-8,11-17H2,1H3,(H,19,20);2-13H2,1H3,(H,15,16);3-6H,1-2H2;1H3,(H,3,4). The Kier molecular flexibility index (Phi) is 52.5. The molecule has 0 aromatic carbocycles. The molecule has 0 rings (SSSR count). The molecule has 0 aliphatic heterocycles. The Balaban J connectivity index is -0.000000300. The van der Waals surface area contributed by atoms with Crippen molar-refractivity contribution >= 4 is 17.9 Å². The molecule has 0 unspecified atom stereocenters. The third-order valence-electron chi connectivity index (χ3n) is 7.07. The van der Waals surface area contributed by atoms with Gasteiger partial charge in [0, 0.05) is 19.8 Å². The number of allylic oxidation sites excluding steroid dienone is 2. The van der Waals surface area contributed by atoms with Crippen LogP contribution < -0.4 is 0 Å². The fourth-order valence-corrected chi connectivity index (χ4v) is 4.35. The van der Waals surface area contributed by atoms with Gasteiger partial charge in [0.2, 0.25) is 0 Å². The Hall–Kier alpha value is -1.97. The van der Waals surface area contributed by atoms with Gasteiger partial charge in [-0.05, 0) is 38.5 Å². The van der Waals surface area contributed by atoms with E-state index >= 15 is 0 Å². The molecule has 9 heteroatoms. The highest BCUT2D eigenvalue weighted by Crippen LogP contribution is 2.12. The number of unbranched alkanes of at least 4 members (excludes halogenated alkanes) is 21. The molecule has 0 fully saturated rings. The Labute approximate surface area is 281 Å². The summed E-state index contributed by atoms with van der Waals surface area (Å²) in [5.74, 6) is -2.15. The Morgan fingerprint density at radius 2 is 0.717 bits per heavy atom. The van der Waals surface area contributed by atoms with Crippen molar-refractivity contribution in [3.05, 3.63) is 12.2 Å². The second kappa shape index (κ2) is 47.4. The first-order chi connectivity index (χ1) is 22.1. The van der Waals surface area contributed by atoms with Crippen LogP contribution >= 0.6 is 0 Å². The highest BCUT2D eigenvalue weighted by atomic mass is 16.4. The van der Waals surface area contributed by atoms with Crippen LogP contribution in [0.3, 0.4) is 0 Å². The lowest BCUT2D eigenvalue weighted by atomic mass is 10.1. The van der Waals surface area contributed by atoms with Crippen LogP contribution in [0.1, 0.15) is 188 Å². The third-order valence-corrected chi connectivity index (χ3v) is 7.07. The summed E-state index contributed by atoms with van der Waals surface area (Å²) in [5.41, 5.74) is 0. The maximum atomic E-state index is 10.3. The van der Waals surface area contributed by atoms with Crippen LogP contribution in [-0.4, -0.2) is 67.9 Å². The molecule has 0 spiro atoms. The number of hydrogen-bond acceptors (Lipinski definition) is 6. The summed E-state index contributed by atoms with van der Waals surface area (Å²) in [6, 6.07) is 0. The van der Waals surface area contributed by atoms with Gasteiger partial charge in [0.25, 0.3) is 5.97 Å². The fourth-order valence-electron chi connectivity index (χ4n) is 4.35. The van der Waals surface area contributed by atoms with Gasteiger partial charge in [-0.2, -0.15) is 0 Å². The average Bonchev–Trinajstić information content (AvgIpc) is 3.01. The van der Waals surface area contributed by atoms with E-state index in [4.69, 9.17) is 35.4 Å². The van der Waals surface area contributed by atoms with Gasteiger partial charge in [0.05, 0.1) is 13.2 Å². The van der Waals surface area contributed by atoms with Crippen molar-refractivity contribution in [2.45, 2.75) is 194 Å². The molecule has 0 aromatic heterocycles. The van der Waals surface area contributed by atoms with E-state index in [1.54, 1.807) is 0 Å². The van der Waals surface area contributed by atoms with E-state index in [0.29, 0.717) is 12.8 Å². The zero-order valence-electron chi connectivity index (χ0n) is 29.9. The molecular weight excluding hydrogens is 588 g/mol. The number of aliphatic hydroxyl groups is 3. The van der Waals surface area contributed by atoms with Gasteiger partial charge in [0.1, 0.15) is 6.10 Å². The second-order valence-electron chi connectivity index (χ2n) is 11.9. The highest BCUT2D eigenvalue weighted by Gasteiger charge is 1.97. The van der Waals surface area contributed by atoms with Crippen LogP contribution in [0.15, 0.2) is 12.2 Å². The van der Waals surface area contributed by atoms with E-state index < -0.39 is 24.0 Å². The molecule has 46 heavy (non-hydrogen) atoms. The van der Waals surface area contributed by atoms with Crippen LogP contribution in [0.5, 0.6) is 0 Å². The van der Waals surface area contributed by atoms with E-state index in [1.807, 2.05) is 0 Å². The Morgan fingerprint density at radius 1 is 0.478 bits per heavy atom. The van der Waals surface area contributed by atoms with Gasteiger partial charge in [-0.3, -0.25) is 14.4 Å². The average molecular weight is 663 g/mol. The van der Waals surface area contributed by atoms with Gasteiger partial charge in [-0.25, -0.2) is 0 Å². The molecule has 0 aliphatic carbocycles. The summed E-state index contributed by atoms with van der Waals surface area (Å²) in [6.45, 7) is 4.86. The largest absolute Gasteiger partial charge is 0.481 e. The van der Waals surface area contributed by atoms with Gasteiger partial charge in [-0.15, -0.1) is 0 Å². The van der Waals surface area contributed by atoms with E-state index in [0.717, 1.165) is 32.6 Å². The number of rotatable bonds is 29. The van der Waals surface area contributed by atoms with Crippen molar-refractivity contribution in [3.63, 3.8) is 0 Å². The van der Waals surface area contributed by atoms with E-state index in [9.17, 15) is 9.59 Å². The number of carboxylic acid groups (broad SMARTS) is 3. The van der Waals surface area contributed by atoms with E-state index in [-0.39, 0.29) is 13.2 Å². The van der Waals surface area contributed by atoms with Crippen molar-refractivity contribution in [1.29, 1.82) is 0 Å². The molecule has 6 N–H and O–H groups in total. The van der Waals surface area contributed by atoms with Gasteiger partial charge < -0.3 is 30.6 Å². The third kappa shape index (κ3) is 69.0. The molecule has 0 bridgehead atoms. The Morgan fingerprint density at radius 3 is 0.935 bits per heavy atom. The predicted molar refractivity (Wildman–Crippen MR) is 189 cm³/mol. The molecule has 0 saturated heterocycles. The monoisotopic (exact) mass is 663 g/mol. The lowest BCUT2D eigenvalue weighted by Crippen LogP contribution is -2.15.